The number of carboxylic acid groups (broad SMARTS) is 1. The van der Waals surface area contributed by atoms with Crippen molar-refractivity contribution in [1.29, 1.82) is 0 Å². The Balaban J connectivity index is 3.23. The van der Waals surface area contributed by atoms with Gasteiger partial charge in [-0.3, -0.25) is 0 Å². The molecule has 0 aromatic heterocycles. The van der Waals surface area contributed by atoms with E-state index in [0.29, 0.717) is 0 Å². The van der Waals surface area contributed by atoms with Crippen molar-refractivity contribution in [2.75, 3.05) is 0 Å². The topological polar surface area (TPSA) is 57.5 Å². The molecule has 0 bridgehead atoms. The monoisotopic (exact) mass is 322 g/mol. The lowest BCUT2D eigenvalue weighted by Gasteiger charge is -2.04. The Hall–Kier alpha value is -1.35. The molecule has 0 heterocycles. The van der Waals surface area contributed by atoms with E-state index in [4.69, 9.17) is 10.2 Å². The summed E-state index contributed by atoms with van der Waals surface area (Å²) in [6.07, 6.45) is 23.8. The van der Waals surface area contributed by atoms with Gasteiger partial charge in [-0.1, -0.05) is 81.7 Å². The van der Waals surface area contributed by atoms with Gasteiger partial charge in [0.1, 0.15) is 0 Å². The summed E-state index contributed by atoms with van der Waals surface area (Å²) in [5.74, 6) is -0.918. The van der Waals surface area contributed by atoms with E-state index in [1.165, 1.54) is 57.4 Å². The van der Waals surface area contributed by atoms with Gasteiger partial charge in [-0.05, 0) is 26.2 Å². The number of carboxylic acids is 1. The number of aliphatic hydroxyl groups excluding tert-OH is 1. The molecule has 1 atom stereocenters. The summed E-state index contributed by atoms with van der Waals surface area (Å²) in [5.41, 5.74) is 0. The quantitative estimate of drug-likeness (QED) is 0.241. The van der Waals surface area contributed by atoms with Crippen LogP contribution < -0.4 is 0 Å². The first-order chi connectivity index (χ1) is 11.1. The molecule has 0 radical (unpaired) electrons. The Morgan fingerprint density at radius 2 is 1.35 bits per heavy atom. The highest BCUT2D eigenvalue weighted by molar-refractivity contribution is 5.80. The van der Waals surface area contributed by atoms with E-state index < -0.39 is 5.97 Å². The van der Waals surface area contributed by atoms with Crippen molar-refractivity contribution < 1.29 is 15.0 Å². The summed E-state index contributed by atoms with van der Waals surface area (Å²) in [6, 6.07) is 0. The van der Waals surface area contributed by atoms with Crippen LogP contribution in [0.25, 0.3) is 0 Å². The number of aliphatic hydroxyl groups is 1. The van der Waals surface area contributed by atoms with Gasteiger partial charge in [0.05, 0.1) is 6.10 Å². The van der Waals surface area contributed by atoms with Gasteiger partial charge >= 0.3 is 5.97 Å². The minimum Gasteiger partial charge on any atom is -0.478 e. The van der Waals surface area contributed by atoms with Gasteiger partial charge < -0.3 is 10.2 Å². The second-order valence-electron chi connectivity index (χ2n) is 6.12. The zero-order chi connectivity index (χ0) is 17.2. The van der Waals surface area contributed by atoms with E-state index in [2.05, 4.69) is 6.08 Å². The first kappa shape index (κ1) is 21.6. The van der Waals surface area contributed by atoms with Gasteiger partial charge in [0.15, 0.2) is 0 Å². The Kier molecular flexibility index (Phi) is 16.0. The van der Waals surface area contributed by atoms with Crippen molar-refractivity contribution >= 4 is 5.97 Å². The van der Waals surface area contributed by atoms with E-state index >= 15 is 0 Å². The van der Waals surface area contributed by atoms with E-state index in [0.717, 1.165) is 25.3 Å². The van der Waals surface area contributed by atoms with Crippen LogP contribution in [-0.2, 0) is 4.79 Å². The van der Waals surface area contributed by atoms with Crippen molar-refractivity contribution in [3.05, 3.63) is 36.5 Å². The molecule has 0 saturated heterocycles. The predicted octanol–water partition coefficient (Wildman–Crippen LogP) is 5.41. The lowest BCUT2D eigenvalue weighted by molar-refractivity contribution is -0.131. The zero-order valence-electron chi connectivity index (χ0n) is 14.6. The van der Waals surface area contributed by atoms with Crippen molar-refractivity contribution in [3.63, 3.8) is 0 Å². The largest absolute Gasteiger partial charge is 0.478 e. The lowest BCUT2D eigenvalue weighted by atomic mass is 10.0. The maximum atomic E-state index is 10.2. The smallest absolute Gasteiger partial charge is 0.328 e. The first-order valence-electron chi connectivity index (χ1n) is 9.04. The Bertz CT molecular complexity index is 354. The standard InChI is InChI=1S/C20H34O3/c1-19(21)17-15-13-11-9-7-5-3-2-4-6-8-10-12-14-16-18-20(22)23/h8,10,12,14,16,18-19,21H,2-7,9,11,13,15,17H2,1H3,(H,22,23). The average molecular weight is 322 g/mol. The fraction of sp³-hybridized carbons (Fsp3) is 0.650. The first-order valence-corrected chi connectivity index (χ1v) is 9.04. The SMILES string of the molecule is CC(O)CCCCCCCCCCCC=CC=CC=CC(=O)O. The molecule has 0 aromatic carbocycles. The van der Waals surface area contributed by atoms with Crippen LogP contribution in [0.2, 0.25) is 0 Å². The van der Waals surface area contributed by atoms with Crippen molar-refractivity contribution in [2.24, 2.45) is 0 Å². The highest BCUT2D eigenvalue weighted by Crippen LogP contribution is 2.12. The van der Waals surface area contributed by atoms with Crippen molar-refractivity contribution in [1.82, 2.24) is 0 Å². The summed E-state index contributed by atoms with van der Waals surface area (Å²) in [5, 5.41) is 17.6. The molecule has 0 aliphatic heterocycles. The zero-order valence-corrected chi connectivity index (χ0v) is 14.6. The van der Waals surface area contributed by atoms with Crippen LogP contribution >= 0.6 is 0 Å². The second-order valence-corrected chi connectivity index (χ2v) is 6.12. The molecule has 1 unspecified atom stereocenters. The van der Waals surface area contributed by atoms with Crippen LogP contribution in [-0.4, -0.2) is 22.3 Å². The highest BCUT2D eigenvalue weighted by atomic mass is 16.4. The Morgan fingerprint density at radius 1 is 0.826 bits per heavy atom. The van der Waals surface area contributed by atoms with Gasteiger partial charge in [-0.25, -0.2) is 4.79 Å². The molecule has 3 heteroatoms. The number of hydrogen-bond donors (Lipinski definition) is 2. The van der Waals surface area contributed by atoms with E-state index in [-0.39, 0.29) is 6.10 Å². The molecule has 0 aromatic rings. The van der Waals surface area contributed by atoms with Gasteiger partial charge in [0, 0.05) is 6.08 Å². The van der Waals surface area contributed by atoms with E-state index in [9.17, 15) is 4.79 Å². The van der Waals surface area contributed by atoms with Crippen LogP contribution in [0.5, 0.6) is 0 Å². The number of unbranched alkanes of at least 4 members (excludes halogenated alkanes) is 9. The fourth-order valence-electron chi connectivity index (χ4n) is 2.38. The molecule has 0 saturated carbocycles. The third-order valence-corrected chi connectivity index (χ3v) is 3.70. The van der Waals surface area contributed by atoms with Gasteiger partial charge in [-0.15, -0.1) is 0 Å². The molecule has 0 spiro atoms. The number of carbonyl (C=O) groups is 1. The maximum Gasteiger partial charge on any atom is 0.328 e. The van der Waals surface area contributed by atoms with E-state index in [1.807, 2.05) is 19.1 Å². The fourth-order valence-corrected chi connectivity index (χ4v) is 2.38. The minimum absolute atomic E-state index is 0.138. The van der Waals surface area contributed by atoms with Crippen LogP contribution in [0.3, 0.4) is 0 Å². The molecule has 0 rings (SSSR count). The summed E-state index contributed by atoms with van der Waals surface area (Å²) in [4.78, 5) is 10.2. The third kappa shape index (κ3) is 20.6. The molecule has 2 N–H and O–H groups in total. The third-order valence-electron chi connectivity index (χ3n) is 3.70. The molecule has 132 valence electrons. The van der Waals surface area contributed by atoms with Crippen LogP contribution in [0.15, 0.2) is 36.5 Å². The number of rotatable bonds is 15. The molecule has 3 nitrogen and oxygen atoms in total. The molecule has 0 aliphatic carbocycles. The molecule has 0 fully saturated rings. The highest BCUT2D eigenvalue weighted by Gasteiger charge is 1.96. The number of hydrogen-bond acceptors (Lipinski definition) is 2. The van der Waals surface area contributed by atoms with Crippen LogP contribution in [0, 0.1) is 0 Å². The second kappa shape index (κ2) is 17.0. The summed E-state index contributed by atoms with van der Waals surface area (Å²) >= 11 is 0. The maximum absolute atomic E-state index is 10.2. The summed E-state index contributed by atoms with van der Waals surface area (Å²) < 4.78 is 0. The molecular weight excluding hydrogens is 288 g/mol. The average Bonchev–Trinajstić information content (AvgIpc) is 2.49. The molecule has 23 heavy (non-hydrogen) atoms. The molecule has 0 aliphatic rings. The minimum atomic E-state index is -0.918. The Labute approximate surface area is 141 Å². The van der Waals surface area contributed by atoms with Crippen LogP contribution in [0.1, 0.15) is 77.6 Å². The van der Waals surface area contributed by atoms with Crippen LogP contribution in [0.4, 0.5) is 0 Å². The number of allylic oxidation sites excluding steroid dienone is 5. The van der Waals surface area contributed by atoms with Gasteiger partial charge in [0.25, 0.3) is 0 Å². The van der Waals surface area contributed by atoms with Crippen molar-refractivity contribution in [2.45, 2.75) is 83.7 Å². The van der Waals surface area contributed by atoms with Gasteiger partial charge in [0.2, 0.25) is 0 Å². The Morgan fingerprint density at radius 3 is 1.91 bits per heavy atom. The summed E-state index contributed by atoms with van der Waals surface area (Å²) in [7, 11) is 0. The normalized spacial score (nSPS) is 13.5. The molecule has 0 amide bonds. The van der Waals surface area contributed by atoms with Crippen molar-refractivity contribution in [3.8, 4) is 0 Å². The predicted molar refractivity (Wildman–Crippen MR) is 97.5 cm³/mol. The molecular formula is C20H34O3. The van der Waals surface area contributed by atoms with Gasteiger partial charge in [-0.2, -0.15) is 0 Å². The van der Waals surface area contributed by atoms with E-state index in [1.54, 1.807) is 6.08 Å². The summed E-state index contributed by atoms with van der Waals surface area (Å²) in [6.45, 7) is 1.86. The lowest BCUT2D eigenvalue weighted by Crippen LogP contribution is -1.98. The number of aliphatic carboxylic acids is 1.